The average Bonchev–Trinajstić information content (AvgIpc) is 2.43. The number of nitrogens with zero attached hydrogens (tertiary/aromatic N) is 1. The van der Waals surface area contributed by atoms with Crippen LogP contribution in [0, 0.1) is 23.4 Å². The molecule has 7 heteroatoms. The standard InChI is InChI=1S/C13H12F3NO3/c1-6-5-17(3-2-9(6)18)13(20)7-4-8(14)11(16)12(19)10(7)15/h4,6,19H,2-3,5H2,1H3. The number of carbonyl (C=O) groups excluding carboxylic acids is 2. The first-order valence-corrected chi connectivity index (χ1v) is 6.01. The molecule has 108 valence electrons. The quantitative estimate of drug-likeness (QED) is 0.802. The molecule has 2 rings (SSSR count). The lowest BCUT2D eigenvalue weighted by Gasteiger charge is -2.30. The number of Topliss-reactive ketones (excluding diaryl/α,β-unsaturated/α-hetero) is 1. The molecule has 1 aromatic rings. The summed E-state index contributed by atoms with van der Waals surface area (Å²) in [5.74, 6) is -7.55. The van der Waals surface area contributed by atoms with Gasteiger partial charge in [-0.1, -0.05) is 6.92 Å². The van der Waals surface area contributed by atoms with Gasteiger partial charge in [0.25, 0.3) is 5.91 Å². The first kappa shape index (κ1) is 14.4. The molecule has 0 aliphatic carbocycles. The topological polar surface area (TPSA) is 57.6 Å². The van der Waals surface area contributed by atoms with Crippen LogP contribution >= 0.6 is 0 Å². The first-order chi connectivity index (χ1) is 9.32. The highest BCUT2D eigenvalue weighted by atomic mass is 19.2. The average molecular weight is 287 g/mol. The van der Waals surface area contributed by atoms with E-state index in [0.29, 0.717) is 6.07 Å². The molecule has 0 saturated carbocycles. The van der Waals surface area contributed by atoms with Crippen LogP contribution in [-0.4, -0.2) is 34.8 Å². The van der Waals surface area contributed by atoms with Gasteiger partial charge >= 0.3 is 0 Å². The Morgan fingerprint density at radius 3 is 2.60 bits per heavy atom. The van der Waals surface area contributed by atoms with E-state index in [0.717, 1.165) is 0 Å². The molecule has 1 unspecified atom stereocenters. The van der Waals surface area contributed by atoms with Gasteiger partial charge in [0.1, 0.15) is 5.78 Å². The Kier molecular flexibility index (Phi) is 3.69. The van der Waals surface area contributed by atoms with Gasteiger partial charge in [-0.3, -0.25) is 9.59 Å². The van der Waals surface area contributed by atoms with Gasteiger partial charge < -0.3 is 10.0 Å². The van der Waals surface area contributed by atoms with Crippen molar-refractivity contribution in [3.63, 3.8) is 0 Å². The van der Waals surface area contributed by atoms with Crippen LogP contribution in [0.15, 0.2) is 6.07 Å². The summed E-state index contributed by atoms with van der Waals surface area (Å²) in [6, 6.07) is 0.411. The van der Waals surface area contributed by atoms with Crippen molar-refractivity contribution >= 4 is 11.7 Å². The number of halogens is 3. The summed E-state index contributed by atoms with van der Waals surface area (Å²) in [5.41, 5.74) is -0.747. The molecule has 1 N–H and O–H groups in total. The van der Waals surface area contributed by atoms with Crippen molar-refractivity contribution in [1.82, 2.24) is 4.90 Å². The summed E-state index contributed by atoms with van der Waals surface area (Å²) < 4.78 is 39.8. The van der Waals surface area contributed by atoms with Gasteiger partial charge in [0.15, 0.2) is 17.4 Å². The van der Waals surface area contributed by atoms with E-state index < -0.39 is 40.6 Å². The third kappa shape index (κ3) is 2.35. The van der Waals surface area contributed by atoms with Crippen LogP contribution in [0.4, 0.5) is 13.2 Å². The van der Waals surface area contributed by atoms with Crippen LogP contribution < -0.4 is 0 Å². The maximum Gasteiger partial charge on any atom is 0.257 e. The molecule has 1 amide bonds. The molecule has 1 aromatic carbocycles. The molecule has 1 fully saturated rings. The number of aromatic hydroxyl groups is 1. The second-order valence-electron chi connectivity index (χ2n) is 4.75. The zero-order chi connectivity index (χ0) is 15.0. The minimum Gasteiger partial charge on any atom is -0.503 e. The van der Waals surface area contributed by atoms with Crippen molar-refractivity contribution in [2.75, 3.05) is 13.1 Å². The fraction of sp³-hybridized carbons (Fsp3) is 0.385. The van der Waals surface area contributed by atoms with Crippen LogP contribution in [0.5, 0.6) is 5.75 Å². The summed E-state index contributed by atoms with van der Waals surface area (Å²) >= 11 is 0. The maximum atomic E-state index is 13.7. The van der Waals surface area contributed by atoms with Crippen LogP contribution in [0.25, 0.3) is 0 Å². The Labute approximate surface area is 112 Å². The number of amides is 1. The predicted octanol–water partition coefficient (Wildman–Crippen LogP) is 1.86. The highest BCUT2D eigenvalue weighted by molar-refractivity contribution is 5.96. The molecule has 1 aliphatic heterocycles. The highest BCUT2D eigenvalue weighted by Gasteiger charge is 2.30. The van der Waals surface area contributed by atoms with E-state index >= 15 is 0 Å². The van der Waals surface area contributed by atoms with E-state index in [1.807, 2.05) is 0 Å². The van der Waals surface area contributed by atoms with E-state index in [1.165, 1.54) is 4.90 Å². The first-order valence-electron chi connectivity index (χ1n) is 6.01. The number of likely N-dealkylation sites (tertiary alicyclic amines) is 1. The lowest BCUT2D eigenvalue weighted by molar-refractivity contribution is -0.124. The summed E-state index contributed by atoms with van der Waals surface area (Å²) in [7, 11) is 0. The van der Waals surface area contributed by atoms with Crippen molar-refractivity contribution in [2.45, 2.75) is 13.3 Å². The monoisotopic (exact) mass is 287 g/mol. The number of ketones is 1. The lowest BCUT2D eigenvalue weighted by Crippen LogP contribution is -2.43. The van der Waals surface area contributed by atoms with E-state index in [9.17, 15) is 22.8 Å². The van der Waals surface area contributed by atoms with Crippen molar-refractivity contribution < 1.29 is 27.9 Å². The summed E-state index contributed by atoms with van der Waals surface area (Å²) in [6.07, 6.45) is 0.129. The number of carbonyl (C=O) groups is 2. The molecule has 0 spiro atoms. The van der Waals surface area contributed by atoms with Gasteiger partial charge in [-0.2, -0.15) is 4.39 Å². The van der Waals surface area contributed by atoms with Gasteiger partial charge in [0.05, 0.1) is 5.56 Å². The van der Waals surface area contributed by atoms with Crippen LogP contribution in [0.3, 0.4) is 0 Å². The fourth-order valence-corrected chi connectivity index (χ4v) is 2.12. The number of rotatable bonds is 1. The van der Waals surface area contributed by atoms with Crippen LogP contribution in [0.2, 0.25) is 0 Å². The molecule has 1 heterocycles. The zero-order valence-corrected chi connectivity index (χ0v) is 10.6. The Bertz CT molecular complexity index is 589. The number of benzene rings is 1. The summed E-state index contributed by atoms with van der Waals surface area (Å²) in [6.45, 7) is 1.79. The second kappa shape index (κ2) is 5.15. The van der Waals surface area contributed by atoms with E-state index in [-0.39, 0.29) is 25.3 Å². The van der Waals surface area contributed by atoms with Crippen molar-refractivity contribution in [2.24, 2.45) is 5.92 Å². The zero-order valence-electron chi connectivity index (χ0n) is 10.6. The minimum atomic E-state index is -1.73. The number of phenols is 1. The number of hydrogen-bond acceptors (Lipinski definition) is 3. The largest absolute Gasteiger partial charge is 0.503 e. The van der Waals surface area contributed by atoms with Crippen molar-refractivity contribution in [3.8, 4) is 5.75 Å². The molecule has 20 heavy (non-hydrogen) atoms. The van der Waals surface area contributed by atoms with Crippen molar-refractivity contribution in [3.05, 3.63) is 29.1 Å². The normalized spacial score (nSPS) is 19.3. The number of phenolic OH excluding ortho intramolecular Hbond substituents is 1. The minimum absolute atomic E-state index is 0.0114. The van der Waals surface area contributed by atoms with Gasteiger partial charge in [-0.25, -0.2) is 8.78 Å². The predicted molar refractivity (Wildman–Crippen MR) is 62.7 cm³/mol. The number of piperidine rings is 1. The van der Waals surface area contributed by atoms with Gasteiger partial charge in [-0.15, -0.1) is 0 Å². The molecule has 0 radical (unpaired) electrons. The van der Waals surface area contributed by atoms with E-state index in [2.05, 4.69) is 0 Å². The second-order valence-corrected chi connectivity index (χ2v) is 4.75. The molecule has 1 atom stereocenters. The molecule has 1 aliphatic rings. The SMILES string of the molecule is CC1CN(C(=O)c2cc(F)c(F)c(O)c2F)CCC1=O. The maximum absolute atomic E-state index is 13.7. The smallest absolute Gasteiger partial charge is 0.257 e. The molecular formula is C13H12F3NO3. The Hall–Kier alpha value is -2.05. The highest BCUT2D eigenvalue weighted by Crippen LogP contribution is 2.27. The van der Waals surface area contributed by atoms with Gasteiger partial charge in [-0.05, 0) is 6.07 Å². The number of hydrogen-bond donors (Lipinski definition) is 1. The Morgan fingerprint density at radius 1 is 1.35 bits per heavy atom. The third-order valence-electron chi connectivity index (χ3n) is 3.32. The Balaban J connectivity index is 2.33. The van der Waals surface area contributed by atoms with Crippen molar-refractivity contribution in [1.29, 1.82) is 0 Å². The summed E-state index contributed by atoms with van der Waals surface area (Å²) in [5, 5.41) is 9.09. The molecule has 0 aromatic heterocycles. The van der Waals surface area contributed by atoms with Gasteiger partial charge in [0.2, 0.25) is 5.82 Å². The van der Waals surface area contributed by atoms with E-state index in [1.54, 1.807) is 6.92 Å². The molecular weight excluding hydrogens is 275 g/mol. The van der Waals surface area contributed by atoms with Crippen LogP contribution in [0.1, 0.15) is 23.7 Å². The fourth-order valence-electron chi connectivity index (χ4n) is 2.12. The molecule has 1 saturated heterocycles. The Morgan fingerprint density at radius 2 is 2.00 bits per heavy atom. The van der Waals surface area contributed by atoms with Crippen LogP contribution in [-0.2, 0) is 4.79 Å². The molecule has 0 bridgehead atoms. The van der Waals surface area contributed by atoms with E-state index in [4.69, 9.17) is 5.11 Å². The lowest BCUT2D eigenvalue weighted by atomic mass is 9.98. The summed E-state index contributed by atoms with van der Waals surface area (Å²) in [4.78, 5) is 24.6. The molecule has 4 nitrogen and oxygen atoms in total. The third-order valence-corrected chi connectivity index (χ3v) is 3.32. The van der Waals surface area contributed by atoms with Gasteiger partial charge in [0, 0.05) is 25.4 Å².